The summed E-state index contributed by atoms with van der Waals surface area (Å²) in [6.45, 7) is 6.36. The highest BCUT2D eigenvalue weighted by Gasteiger charge is 2.10. The third kappa shape index (κ3) is 3.23. The zero-order valence-electron chi connectivity index (χ0n) is 8.71. The monoisotopic (exact) mass is 181 g/mol. The maximum atomic E-state index is 5.96. The van der Waals surface area contributed by atoms with E-state index >= 15 is 0 Å². The molecule has 1 rings (SSSR count). The van der Waals surface area contributed by atoms with Crippen molar-refractivity contribution in [3.8, 4) is 0 Å². The van der Waals surface area contributed by atoms with Gasteiger partial charge in [0.25, 0.3) is 0 Å². The summed E-state index contributed by atoms with van der Waals surface area (Å²) in [6, 6.07) is 4.00. The van der Waals surface area contributed by atoms with E-state index in [1.807, 2.05) is 19.1 Å². The minimum absolute atomic E-state index is 0.0658. The molecule has 0 spiro atoms. The molecule has 1 aromatic heterocycles. The molecule has 0 unspecified atom stereocenters. The Morgan fingerprint density at radius 3 is 2.46 bits per heavy atom. The molecule has 0 aromatic carbocycles. The molecule has 1 aromatic rings. The topological polar surface area (TPSA) is 39.2 Å². The summed E-state index contributed by atoms with van der Waals surface area (Å²) >= 11 is 0. The normalized spacial score (nSPS) is 13.6. The van der Waals surface area contributed by atoms with Crippen LogP contribution in [0.15, 0.2) is 16.5 Å². The van der Waals surface area contributed by atoms with Gasteiger partial charge < -0.3 is 10.2 Å². The van der Waals surface area contributed by atoms with Crippen molar-refractivity contribution in [2.45, 2.75) is 39.7 Å². The molecule has 0 saturated heterocycles. The molecule has 0 fully saturated rings. The molecule has 0 aliphatic carbocycles. The highest BCUT2D eigenvalue weighted by atomic mass is 16.3. The smallest absolute Gasteiger partial charge is 0.120 e. The summed E-state index contributed by atoms with van der Waals surface area (Å²) in [7, 11) is 0. The molecule has 0 amide bonds. The van der Waals surface area contributed by atoms with E-state index in [0.29, 0.717) is 5.92 Å². The molecule has 13 heavy (non-hydrogen) atoms. The van der Waals surface area contributed by atoms with Crippen LogP contribution in [-0.4, -0.2) is 0 Å². The van der Waals surface area contributed by atoms with Crippen LogP contribution < -0.4 is 5.73 Å². The fraction of sp³-hybridized carbons (Fsp3) is 0.636. The Bertz CT molecular complexity index is 252. The van der Waals surface area contributed by atoms with Gasteiger partial charge in [-0.05, 0) is 37.8 Å². The zero-order chi connectivity index (χ0) is 9.84. The first-order valence-electron chi connectivity index (χ1n) is 4.91. The lowest BCUT2D eigenvalue weighted by Crippen LogP contribution is -2.10. The van der Waals surface area contributed by atoms with Crippen LogP contribution in [0.1, 0.15) is 44.3 Å². The number of nitrogens with two attached hydrogens (primary N) is 1. The molecule has 2 heteroatoms. The molecule has 74 valence electrons. The van der Waals surface area contributed by atoms with Crippen LogP contribution in [0.2, 0.25) is 0 Å². The van der Waals surface area contributed by atoms with Gasteiger partial charge >= 0.3 is 0 Å². The standard InChI is InChI=1S/C11H19NO/c1-8(2)4-6-10(12)11-7-5-9(3)13-11/h5,7-8,10H,4,6,12H2,1-3H3/t10-/m1/s1. The van der Waals surface area contributed by atoms with E-state index in [2.05, 4.69) is 13.8 Å². The van der Waals surface area contributed by atoms with Gasteiger partial charge in [0.2, 0.25) is 0 Å². The van der Waals surface area contributed by atoms with Crippen molar-refractivity contribution < 1.29 is 4.42 Å². The van der Waals surface area contributed by atoms with Crippen LogP contribution in [0.5, 0.6) is 0 Å². The van der Waals surface area contributed by atoms with Gasteiger partial charge in [-0.15, -0.1) is 0 Å². The first kappa shape index (κ1) is 10.3. The minimum atomic E-state index is 0.0658. The van der Waals surface area contributed by atoms with Crippen LogP contribution in [0.3, 0.4) is 0 Å². The predicted molar refractivity (Wildman–Crippen MR) is 54.4 cm³/mol. The lowest BCUT2D eigenvalue weighted by atomic mass is 10.0. The molecule has 0 radical (unpaired) electrons. The van der Waals surface area contributed by atoms with Crippen LogP contribution in [-0.2, 0) is 0 Å². The summed E-state index contributed by atoms with van der Waals surface area (Å²) in [5, 5.41) is 0. The van der Waals surface area contributed by atoms with Crippen LogP contribution in [0.4, 0.5) is 0 Å². The molecule has 2 nitrogen and oxygen atoms in total. The zero-order valence-corrected chi connectivity index (χ0v) is 8.71. The fourth-order valence-electron chi connectivity index (χ4n) is 1.31. The average molecular weight is 181 g/mol. The second-order valence-electron chi connectivity index (χ2n) is 4.03. The average Bonchev–Trinajstić information content (AvgIpc) is 2.47. The number of rotatable bonds is 4. The van der Waals surface area contributed by atoms with E-state index in [9.17, 15) is 0 Å². The third-order valence-corrected chi connectivity index (χ3v) is 2.18. The maximum Gasteiger partial charge on any atom is 0.120 e. The molecule has 0 aliphatic rings. The fourth-order valence-corrected chi connectivity index (χ4v) is 1.31. The minimum Gasteiger partial charge on any atom is -0.465 e. The summed E-state index contributed by atoms with van der Waals surface area (Å²) in [6.07, 6.45) is 2.16. The van der Waals surface area contributed by atoms with Crippen LogP contribution in [0, 0.1) is 12.8 Å². The summed E-state index contributed by atoms with van der Waals surface area (Å²) in [5.74, 6) is 2.57. The number of aryl methyl sites for hydroxylation is 1. The molecular weight excluding hydrogens is 162 g/mol. The van der Waals surface area contributed by atoms with Crippen molar-refractivity contribution in [3.05, 3.63) is 23.7 Å². The highest BCUT2D eigenvalue weighted by molar-refractivity contribution is 5.08. The predicted octanol–water partition coefficient (Wildman–Crippen LogP) is 3.02. The van der Waals surface area contributed by atoms with E-state index < -0.39 is 0 Å². The Morgan fingerprint density at radius 2 is 2.00 bits per heavy atom. The van der Waals surface area contributed by atoms with Gasteiger partial charge in [0.05, 0.1) is 6.04 Å². The van der Waals surface area contributed by atoms with Crippen molar-refractivity contribution in [3.63, 3.8) is 0 Å². The number of hydrogen-bond acceptors (Lipinski definition) is 2. The second kappa shape index (κ2) is 4.47. The van der Waals surface area contributed by atoms with Crippen molar-refractivity contribution in [1.29, 1.82) is 0 Å². The quantitative estimate of drug-likeness (QED) is 0.775. The molecular formula is C11H19NO. The molecule has 0 bridgehead atoms. The Morgan fingerprint density at radius 1 is 1.31 bits per heavy atom. The van der Waals surface area contributed by atoms with E-state index in [1.165, 1.54) is 0 Å². The molecule has 0 aliphatic heterocycles. The SMILES string of the molecule is Cc1ccc([C@H](N)CCC(C)C)o1. The van der Waals surface area contributed by atoms with E-state index in [0.717, 1.165) is 24.4 Å². The maximum absolute atomic E-state index is 5.96. The van der Waals surface area contributed by atoms with E-state index in [4.69, 9.17) is 10.2 Å². The molecule has 2 N–H and O–H groups in total. The summed E-state index contributed by atoms with van der Waals surface area (Å²) < 4.78 is 5.45. The largest absolute Gasteiger partial charge is 0.465 e. The third-order valence-electron chi connectivity index (χ3n) is 2.18. The number of hydrogen-bond donors (Lipinski definition) is 1. The Balaban J connectivity index is 2.44. The van der Waals surface area contributed by atoms with Crippen molar-refractivity contribution >= 4 is 0 Å². The van der Waals surface area contributed by atoms with E-state index in [1.54, 1.807) is 0 Å². The first-order chi connectivity index (χ1) is 6.09. The van der Waals surface area contributed by atoms with Gasteiger partial charge in [-0.1, -0.05) is 13.8 Å². The van der Waals surface area contributed by atoms with Crippen LogP contribution in [0.25, 0.3) is 0 Å². The van der Waals surface area contributed by atoms with Crippen LogP contribution >= 0.6 is 0 Å². The highest BCUT2D eigenvalue weighted by Crippen LogP contribution is 2.20. The summed E-state index contributed by atoms with van der Waals surface area (Å²) in [4.78, 5) is 0. The molecule has 0 saturated carbocycles. The van der Waals surface area contributed by atoms with Gasteiger partial charge in [0, 0.05) is 0 Å². The Hall–Kier alpha value is -0.760. The second-order valence-corrected chi connectivity index (χ2v) is 4.03. The van der Waals surface area contributed by atoms with Crippen molar-refractivity contribution in [2.75, 3.05) is 0 Å². The Labute approximate surface area is 80.1 Å². The van der Waals surface area contributed by atoms with Gasteiger partial charge in [0.15, 0.2) is 0 Å². The Kier molecular flexibility index (Phi) is 3.55. The van der Waals surface area contributed by atoms with E-state index in [-0.39, 0.29) is 6.04 Å². The van der Waals surface area contributed by atoms with Gasteiger partial charge in [-0.3, -0.25) is 0 Å². The lowest BCUT2D eigenvalue weighted by molar-refractivity contribution is 0.412. The van der Waals surface area contributed by atoms with Gasteiger partial charge in [0.1, 0.15) is 11.5 Å². The van der Waals surface area contributed by atoms with Gasteiger partial charge in [-0.2, -0.15) is 0 Å². The van der Waals surface area contributed by atoms with Crippen molar-refractivity contribution in [1.82, 2.24) is 0 Å². The number of furan rings is 1. The first-order valence-corrected chi connectivity index (χ1v) is 4.91. The molecule has 1 atom stereocenters. The van der Waals surface area contributed by atoms with Gasteiger partial charge in [-0.25, -0.2) is 0 Å². The summed E-state index contributed by atoms with van der Waals surface area (Å²) in [5.41, 5.74) is 5.96. The lowest BCUT2D eigenvalue weighted by Gasteiger charge is -2.10. The molecule has 1 heterocycles. The van der Waals surface area contributed by atoms with Crippen molar-refractivity contribution in [2.24, 2.45) is 11.7 Å².